The highest BCUT2D eigenvalue weighted by Gasteiger charge is 2.21. The molecule has 70 valence electrons. The van der Waals surface area contributed by atoms with Gasteiger partial charge in [-0.25, -0.2) is 0 Å². The molecule has 0 aromatic heterocycles. The van der Waals surface area contributed by atoms with Crippen LogP contribution in [0.25, 0.3) is 0 Å². The molecule has 0 aromatic carbocycles. The lowest BCUT2D eigenvalue weighted by atomic mass is 9.95. The molecule has 3 N–H and O–H groups in total. The number of nitrogens with two attached hydrogens (primary N) is 1. The molecule has 12 heavy (non-hydrogen) atoms. The molecule has 1 fully saturated rings. The normalized spacial score (nSPS) is 21.1. The van der Waals surface area contributed by atoms with Gasteiger partial charge in [0.05, 0.1) is 0 Å². The van der Waals surface area contributed by atoms with Gasteiger partial charge in [0.25, 0.3) is 0 Å². The molecule has 0 aliphatic heterocycles. The first-order valence-corrected chi connectivity index (χ1v) is 4.67. The molecule has 1 aliphatic carbocycles. The van der Waals surface area contributed by atoms with E-state index in [-0.39, 0.29) is 12.5 Å². The van der Waals surface area contributed by atoms with Crippen molar-refractivity contribution < 1.29 is 9.90 Å². The maximum atomic E-state index is 10.3. The molecular weight excluding hydrogens is 154 g/mol. The van der Waals surface area contributed by atoms with E-state index in [0.29, 0.717) is 12.3 Å². The highest BCUT2D eigenvalue weighted by atomic mass is 16.4. The Morgan fingerprint density at radius 1 is 1.50 bits per heavy atom. The summed E-state index contributed by atoms with van der Waals surface area (Å²) in [5.74, 6) is -0.146. The molecule has 1 aliphatic rings. The second-order valence-corrected chi connectivity index (χ2v) is 3.64. The van der Waals surface area contributed by atoms with Crippen molar-refractivity contribution in [2.75, 3.05) is 0 Å². The zero-order valence-corrected chi connectivity index (χ0v) is 7.33. The van der Waals surface area contributed by atoms with Crippen LogP contribution in [-0.2, 0) is 4.79 Å². The van der Waals surface area contributed by atoms with Crippen LogP contribution in [0.2, 0.25) is 0 Å². The molecule has 0 radical (unpaired) electrons. The maximum Gasteiger partial charge on any atom is 0.303 e. The van der Waals surface area contributed by atoms with Crippen LogP contribution in [0.4, 0.5) is 0 Å². The second kappa shape index (κ2) is 4.45. The van der Waals surface area contributed by atoms with Crippen molar-refractivity contribution in [2.45, 2.75) is 44.6 Å². The van der Waals surface area contributed by atoms with Gasteiger partial charge >= 0.3 is 5.97 Å². The van der Waals surface area contributed by atoms with Crippen LogP contribution in [-0.4, -0.2) is 17.1 Å². The van der Waals surface area contributed by atoms with Crippen molar-refractivity contribution in [3.05, 3.63) is 0 Å². The third-order valence-electron chi connectivity index (χ3n) is 2.70. The van der Waals surface area contributed by atoms with Crippen molar-refractivity contribution in [2.24, 2.45) is 11.7 Å². The van der Waals surface area contributed by atoms with Gasteiger partial charge in [-0.15, -0.1) is 0 Å². The number of carboxylic acids is 1. The SMILES string of the molecule is NC(CCC(=O)O)C1CCCC1. The highest BCUT2D eigenvalue weighted by Crippen LogP contribution is 2.28. The average Bonchev–Trinajstić information content (AvgIpc) is 2.51. The van der Waals surface area contributed by atoms with Gasteiger partial charge in [-0.1, -0.05) is 12.8 Å². The van der Waals surface area contributed by atoms with Gasteiger partial charge in [0.15, 0.2) is 0 Å². The van der Waals surface area contributed by atoms with E-state index in [9.17, 15) is 4.79 Å². The monoisotopic (exact) mass is 171 g/mol. The molecule has 1 unspecified atom stereocenters. The zero-order chi connectivity index (χ0) is 8.97. The van der Waals surface area contributed by atoms with Gasteiger partial charge in [0.1, 0.15) is 0 Å². The summed E-state index contributed by atoms with van der Waals surface area (Å²) in [6.07, 6.45) is 5.79. The van der Waals surface area contributed by atoms with E-state index in [0.717, 1.165) is 0 Å². The van der Waals surface area contributed by atoms with Gasteiger partial charge in [-0.3, -0.25) is 4.79 Å². The highest BCUT2D eigenvalue weighted by molar-refractivity contribution is 5.66. The molecule has 0 bridgehead atoms. The van der Waals surface area contributed by atoms with E-state index in [1.54, 1.807) is 0 Å². The second-order valence-electron chi connectivity index (χ2n) is 3.64. The van der Waals surface area contributed by atoms with Crippen molar-refractivity contribution in [3.8, 4) is 0 Å². The molecular formula is C9H17NO2. The summed E-state index contributed by atoms with van der Waals surface area (Å²) in [5.41, 5.74) is 5.86. The number of aliphatic carboxylic acids is 1. The van der Waals surface area contributed by atoms with Crippen LogP contribution in [0.15, 0.2) is 0 Å². The summed E-state index contributed by atoms with van der Waals surface area (Å²) >= 11 is 0. The Bertz CT molecular complexity index is 153. The van der Waals surface area contributed by atoms with Crippen LogP contribution in [0, 0.1) is 5.92 Å². The summed E-state index contributed by atoms with van der Waals surface area (Å²) in [4.78, 5) is 10.3. The molecule has 1 saturated carbocycles. The molecule has 0 amide bonds. The van der Waals surface area contributed by atoms with Crippen LogP contribution < -0.4 is 5.73 Å². The minimum Gasteiger partial charge on any atom is -0.481 e. The van der Waals surface area contributed by atoms with Gasteiger partial charge in [-0.05, 0) is 25.2 Å². The molecule has 1 rings (SSSR count). The fraction of sp³-hybridized carbons (Fsp3) is 0.889. The minimum atomic E-state index is -0.733. The lowest BCUT2D eigenvalue weighted by Gasteiger charge is -2.17. The maximum absolute atomic E-state index is 10.3. The first-order chi connectivity index (χ1) is 5.70. The molecule has 0 spiro atoms. The predicted molar refractivity (Wildman–Crippen MR) is 46.8 cm³/mol. The average molecular weight is 171 g/mol. The third-order valence-corrected chi connectivity index (χ3v) is 2.70. The Morgan fingerprint density at radius 2 is 2.08 bits per heavy atom. The summed E-state index contributed by atoms with van der Waals surface area (Å²) in [5, 5.41) is 8.45. The van der Waals surface area contributed by atoms with E-state index >= 15 is 0 Å². The van der Waals surface area contributed by atoms with Crippen LogP contribution in [0.5, 0.6) is 0 Å². The quantitative estimate of drug-likeness (QED) is 0.671. The lowest BCUT2D eigenvalue weighted by Crippen LogP contribution is -2.28. The lowest BCUT2D eigenvalue weighted by molar-refractivity contribution is -0.137. The summed E-state index contributed by atoms with van der Waals surface area (Å²) in [7, 11) is 0. The molecule has 0 heterocycles. The number of hydrogen-bond acceptors (Lipinski definition) is 2. The van der Waals surface area contributed by atoms with Gasteiger partial charge in [-0.2, -0.15) is 0 Å². The fourth-order valence-electron chi connectivity index (χ4n) is 1.91. The van der Waals surface area contributed by atoms with Crippen LogP contribution in [0.1, 0.15) is 38.5 Å². The van der Waals surface area contributed by atoms with Gasteiger partial charge in [0, 0.05) is 12.5 Å². The van der Waals surface area contributed by atoms with Crippen molar-refractivity contribution in [1.82, 2.24) is 0 Å². The Kier molecular flexibility index (Phi) is 3.53. The van der Waals surface area contributed by atoms with Gasteiger partial charge < -0.3 is 10.8 Å². The molecule has 3 nitrogen and oxygen atoms in total. The molecule has 3 heteroatoms. The van der Waals surface area contributed by atoms with E-state index in [4.69, 9.17) is 10.8 Å². The van der Waals surface area contributed by atoms with Crippen LogP contribution >= 0.6 is 0 Å². The van der Waals surface area contributed by atoms with E-state index in [1.165, 1.54) is 25.7 Å². The molecule has 0 saturated heterocycles. The zero-order valence-electron chi connectivity index (χ0n) is 7.33. The van der Waals surface area contributed by atoms with Crippen molar-refractivity contribution in [3.63, 3.8) is 0 Å². The minimum absolute atomic E-state index is 0.114. The summed E-state index contributed by atoms with van der Waals surface area (Å²) < 4.78 is 0. The summed E-state index contributed by atoms with van der Waals surface area (Å²) in [6.45, 7) is 0. The number of carbonyl (C=O) groups is 1. The Labute approximate surface area is 72.9 Å². The van der Waals surface area contributed by atoms with Gasteiger partial charge in [0.2, 0.25) is 0 Å². The molecule has 0 aromatic rings. The smallest absolute Gasteiger partial charge is 0.303 e. The standard InChI is InChI=1S/C9H17NO2/c10-8(5-6-9(11)12)7-3-1-2-4-7/h7-8H,1-6,10H2,(H,11,12). The van der Waals surface area contributed by atoms with E-state index in [2.05, 4.69) is 0 Å². The molecule has 1 atom stereocenters. The van der Waals surface area contributed by atoms with E-state index < -0.39 is 5.97 Å². The predicted octanol–water partition coefficient (Wildman–Crippen LogP) is 1.37. The number of carboxylic acid groups (broad SMARTS) is 1. The third kappa shape index (κ3) is 2.81. The fourth-order valence-corrected chi connectivity index (χ4v) is 1.91. The van der Waals surface area contributed by atoms with Crippen LogP contribution in [0.3, 0.4) is 0 Å². The number of hydrogen-bond donors (Lipinski definition) is 2. The largest absolute Gasteiger partial charge is 0.481 e. The first kappa shape index (κ1) is 9.52. The Balaban J connectivity index is 2.17. The Morgan fingerprint density at radius 3 is 2.58 bits per heavy atom. The van der Waals surface area contributed by atoms with Crippen molar-refractivity contribution >= 4 is 5.97 Å². The van der Waals surface area contributed by atoms with Crippen molar-refractivity contribution in [1.29, 1.82) is 0 Å². The number of rotatable bonds is 4. The summed E-state index contributed by atoms with van der Waals surface area (Å²) in [6, 6.07) is 0.114. The first-order valence-electron chi connectivity index (χ1n) is 4.67. The topological polar surface area (TPSA) is 63.3 Å². The van der Waals surface area contributed by atoms with E-state index in [1.807, 2.05) is 0 Å². The Hall–Kier alpha value is -0.570.